The molecule has 2 aromatic rings. The third kappa shape index (κ3) is 3.86. The molecule has 0 fully saturated rings. The van der Waals surface area contributed by atoms with E-state index in [1.54, 1.807) is 6.21 Å². The van der Waals surface area contributed by atoms with Gasteiger partial charge in [-0.05, 0) is 24.3 Å². The van der Waals surface area contributed by atoms with Crippen LogP contribution < -0.4 is 5.69 Å². The number of halogens is 4. The molecule has 7 nitrogen and oxygen atoms in total. The Balaban J connectivity index is 2.02. The van der Waals surface area contributed by atoms with Crippen molar-refractivity contribution >= 4 is 23.5 Å². The number of rotatable bonds is 5. The van der Waals surface area contributed by atoms with Gasteiger partial charge in [-0.1, -0.05) is 11.6 Å². The number of benzene rings is 1. The molecule has 2 heterocycles. The molecule has 0 spiro atoms. The zero-order chi connectivity index (χ0) is 18.9. The maximum Gasteiger partial charge on any atom is 0.416 e. The molecule has 138 valence electrons. The SMILES string of the molecule is O=c1n(CC2=NN=CC2)nc(-c2ccc(Cl)cc2)n1C[C@H](O)C(F)(F)F. The molecule has 0 saturated heterocycles. The normalized spacial score (nSPS) is 15.3. The molecule has 1 N–H and O–H groups in total. The van der Waals surface area contributed by atoms with E-state index < -0.39 is 24.5 Å². The number of nitrogens with zero attached hydrogens (tertiary/aromatic N) is 5. The van der Waals surface area contributed by atoms with Gasteiger partial charge in [-0.3, -0.25) is 4.57 Å². The fourth-order valence-electron chi connectivity index (χ4n) is 2.38. The minimum atomic E-state index is -4.86. The van der Waals surface area contributed by atoms with E-state index in [0.717, 1.165) is 9.25 Å². The van der Waals surface area contributed by atoms with Crippen LogP contribution in [-0.4, -0.2) is 43.7 Å². The largest absolute Gasteiger partial charge is 0.416 e. The summed E-state index contributed by atoms with van der Waals surface area (Å²) >= 11 is 5.82. The van der Waals surface area contributed by atoms with Crippen LogP contribution in [0.3, 0.4) is 0 Å². The summed E-state index contributed by atoms with van der Waals surface area (Å²) in [6, 6.07) is 6.11. The Hall–Kier alpha value is -2.46. The summed E-state index contributed by atoms with van der Waals surface area (Å²) in [5, 5.41) is 21.4. The van der Waals surface area contributed by atoms with Crippen molar-refractivity contribution in [2.45, 2.75) is 31.8 Å². The van der Waals surface area contributed by atoms with Crippen molar-refractivity contribution in [2.24, 2.45) is 10.2 Å². The molecule has 1 atom stereocenters. The van der Waals surface area contributed by atoms with Gasteiger partial charge in [0.05, 0.1) is 18.8 Å². The van der Waals surface area contributed by atoms with E-state index in [9.17, 15) is 23.1 Å². The summed E-state index contributed by atoms with van der Waals surface area (Å²) in [6.45, 7) is -0.974. The van der Waals surface area contributed by atoms with Crippen LogP contribution in [0.5, 0.6) is 0 Å². The van der Waals surface area contributed by atoms with Crippen molar-refractivity contribution in [3.8, 4) is 11.4 Å². The van der Waals surface area contributed by atoms with E-state index in [0.29, 0.717) is 22.7 Å². The lowest BCUT2D eigenvalue weighted by molar-refractivity contribution is -0.207. The number of hydrogen-bond donors (Lipinski definition) is 1. The van der Waals surface area contributed by atoms with Crippen molar-refractivity contribution in [2.75, 3.05) is 0 Å². The smallest absolute Gasteiger partial charge is 0.382 e. The Morgan fingerprint density at radius 3 is 2.54 bits per heavy atom. The summed E-state index contributed by atoms with van der Waals surface area (Å²) < 4.78 is 40.0. The maximum absolute atomic E-state index is 12.7. The molecule has 1 aliphatic rings. The van der Waals surface area contributed by atoms with Crippen molar-refractivity contribution in [1.29, 1.82) is 0 Å². The molecule has 1 aliphatic heterocycles. The van der Waals surface area contributed by atoms with Gasteiger partial charge in [0.15, 0.2) is 11.9 Å². The zero-order valence-electron chi connectivity index (χ0n) is 13.2. The highest BCUT2D eigenvalue weighted by molar-refractivity contribution is 6.30. The van der Waals surface area contributed by atoms with Crippen LogP contribution in [0.4, 0.5) is 13.2 Å². The second-order valence-electron chi connectivity index (χ2n) is 5.61. The van der Waals surface area contributed by atoms with Crippen molar-refractivity contribution in [1.82, 2.24) is 14.3 Å². The molecule has 0 saturated carbocycles. The molecule has 1 aromatic heterocycles. The summed E-state index contributed by atoms with van der Waals surface area (Å²) in [7, 11) is 0. The number of aromatic nitrogens is 3. The van der Waals surface area contributed by atoms with Crippen LogP contribution in [0, 0.1) is 0 Å². The minimum Gasteiger partial charge on any atom is -0.382 e. The number of aliphatic hydroxyl groups is 1. The monoisotopic (exact) mass is 387 g/mol. The van der Waals surface area contributed by atoms with Crippen LogP contribution in [-0.2, 0) is 13.1 Å². The topological polar surface area (TPSA) is 84.8 Å². The molecule has 0 bridgehead atoms. The van der Waals surface area contributed by atoms with Crippen LogP contribution >= 0.6 is 11.6 Å². The van der Waals surface area contributed by atoms with E-state index in [4.69, 9.17) is 11.6 Å². The lowest BCUT2D eigenvalue weighted by atomic mass is 10.2. The van der Waals surface area contributed by atoms with Gasteiger partial charge in [0.2, 0.25) is 0 Å². The van der Waals surface area contributed by atoms with Gasteiger partial charge in [-0.2, -0.15) is 23.4 Å². The van der Waals surface area contributed by atoms with Gasteiger partial charge >= 0.3 is 11.9 Å². The van der Waals surface area contributed by atoms with Gasteiger partial charge in [-0.25, -0.2) is 9.48 Å². The second-order valence-corrected chi connectivity index (χ2v) is 6.04. The molecule has 0 aliphatic carbocycles. The standard InChI is InChI=1S/C15H13ClF3N5O2/c16-10-3-1-9(2-4-10)13-22-24(7-11-5-6-20-21-11)14(26)23(13)8-12(25)15(17,18)19/h1-4,6,12,25H,5,7-8H2/t12-/m0/s1. The molecular formula is C15H13ClF3N5O2. The predicted molar refractivity (Wildman–Crippen MR) is 89.5 cm³/mol. The molecule has 0 unspecified atom stereocenters. The highest BCUT2D eigenvalue weighted by atomic mass is 35.5. The van der Waals surface area contributed by atoms with Crippen LogP contribution in [0.15, 0.2) is 39.3 Å². The zero-order valence-corrected chi connectivity index (χ0v) is 13.9. The van der Waals surface area contributed by atoms with Gasteiger partial charge < -0.3 is 5.11 Å². The Morgan fingerprint density at radius 2 is 1.96 bits per heavy atom. The first-order valence-corrected chi connectivity index (χ1v) is 7.89. The van der Waals surface area contributed by atoms with E-state index in [-0.39, 0.29) is 12.4 Å². The average molecular weight is 388 g/mol. The first-order valence-electron chi connectivity index (χ1n) is 7.51. The first kappa shape index (κ1) is 18.3. The minimum absolute atomic E-state index is 0.00511. The van der Waals surface area contributed by atoms with Gasteiger partial charge in [-0.15, -0.1) is 5.10 Å². The summed E-state index contributed by atoms with van der Waals surface area (Å²) in [6.07, 6.45) is -5.58. The quantitative estimate of drug-likeness (QED) is 0.852. The highest BCUT2D eigenvalue weighted by Gasteiger charge is 2.39. The maximum atomic E-state index is 12.7. The summed E-state index contributed by atoms with van der Waals surface area (Å²) in [5.74, 6) is -0.00511. The molecule has 1 aromatic carbocycles. The van der Waals surface area contributed by atoms with Gasteiger partial charge in [0, 0.05) is 23.2 Å². The molecule has 11 heteroatoms. The number of aliphatic hydroxyl groups excluding tert-OH is 1. The molecule has 0 radical (unpaired) electrons. The van der Waals surface area contributed by atoms with E-state index in [2.05, 4.69) is 15.3 Å². The third-order valence-electron chi connectivity index (χ3n) is 3.70. The Bertz CT molecular complexity index is 915. The van der Waals surface area contributed by atoms with E-state index in [1.165, 1.54) is 24.3 Å². The van der Waals surface area contributed by atoms with Crippen LogP contribution in [0.2, 0.25) is 5.02 Å². The Labute approximate surface area is 150 Å². The molecule has 3 rings (SSSR count). The highest BCUT2D eigenvalue weighted by Crippen LogP contribution is 2.24. The fourth-order valence-corrected chi connectivity index (χ4v) is 2.50. The lowest BCUT2D eigenvalue weighted by Crippen LogP contribution is -2.37. The van der Waals surface area contributed by atoms with Gasteiger partial charge in [0.1, 0.15) is 0 Å². The average Bonchev–Trinajstić information content (AvgIpc) is 3.18. The fraction of sp³-hybridized carbons (Fsp3) is 0.333. The van der Waals surface area contributed by atoms with Crippen molar-refractivity contribution < 1.29 is 18.3 Å². The third-order valence-corrected chi connectivity index (χ3v) is 3.95. The van der Waals surface area contributed by atoms with Crippen LogP contribution in [0.25, 0.3) is 11.4 Å². The number of alkyl halides is 3. The second kappa shape index (κ2) is 7.04. The molecule has 26 heavy (non-hydrogen) atoms. The van der Waals surface area contributed by atoms with E-state index >= 15 is 0 Å². The summed E-state index contributed by atoms with van der Waals surface area (Å²) in [4.78, 5) is 12.5. The van der Waals surface area contributed by atoms with Gasteiger partial charge in [0.25, 0.3) is 0 Å². The molecule has 0 amide bonds. The number of hydrogen-bond acceptors (Lipinski definition) is 5. The van der Waals surface area contributed by atoms with Crippen LogP contribution in [0.1, 0.15) is 6.42 Å². The molecular weight excluding hydrogens is 375 g/mol. The Morgan fingerprint density at radius 1 is 1.27 bits per heavy atom. The summed E-state index contributed by atoms with van der Waals surface area (Å²) in [5.41, 5.74) is 0.160. The van der Waals surface area contributed by atoms with Crippen molar-refractivity contribution in [3.05, 3.63) is 39.8 Å². The predicted octanol–water partition coefficient (Wildman–Crippen LogP) is 2.12. The lowest BCUT2D eigenvalue weighted by Gasteiger charge is -2.15. The van der Waals surface area contributed by atoms with E-state index in [1.807, 2.05) is 0 Å². The first-order chi connectivity index (χ1) is 12.3. The van der Waals surface area contributed by atoms with Crippen molar-refractivity contribution in [3.63, 3.8) is 0 Å². The Kier molecular flexibility index (Phi) is 4.97.